The average Bonchev–Trinajstić information content (AvgIpc) is 3.27. The zero-order chi connectivity index (χ0) is 21.0. The predicted molar refractivity (Wildman–Crippen MR) is 114 cm³/mol. The first-order valence-electron chi connectivity index (χ1n) is 10.4. The highest BCUT2D eigenvalue weighted by Crippen LogP contribution is 2.20. The van der Waals surface area contributed by atoms with E-state index in [9.17, 15) is 13.2 Å². The summed E-state index contributed by atoms with van der Waals surface area (Å²) in [7, 11) is -3.63. The van der Waals surface area contributed by atoms with E-state index >= 15 is 0 Å². The lowest BCUT2D eigenvalue weighted by Crippen LogP contribution is -2.40. The Morgan fingerprint density at radius 3 is 2.60 bits per heavy atom. The third-order valence-electron chi connectivity index (χ3n) is 5.55. The van der Waals surface area contributed by atoms with Crippen LogP contribution >= 0.6 is 0 Å². The highest BCUT2D eigenvalue weighted by molar-refractivity contribution is 7.89. The van der Waals surface area contributed by atoms with Gasteiger partial charge in [0, 0.05) is 31.5 Å². The van der Waals surface area contributed by atoms with Crippen LogP contribution in [0.1, 0.15) is 35.3 Å². The van der Waals surface area contributed by atoms with Crippen LogP contribution in [0.15, 0.2) is 41.4 Å². The van der Waals surface area contributed by atoms with Gasteiger partial charge in [-0.1, -0.05) is 18.6 Å². The van der Waals surface area contributed by atoms with Gasteiger partial charge in [-0.25, -0.2) is 8.42 Å². The second-order valence-corrected chi connectivity index (χ2v) is 9.69. The van der Waals surface area contributed by atoms with Crippen LogP contribution in [0.2, 0.25) is 0 Å². The van der Waals surface area contributed by atoms with Crippen molar-refractivity contribution in [2.24, 2.45) is 0 Å². The first-order chi connectivity index (χ1) is 14.5. The third kappa shape index (κ3) is 4.92. The minimum Gasteiger partial charge on any atom is -0.379 e. The number of aromatic amines is 1. The van der Waals surface area contributed by atoms with Gasteiger partial charge >= 0.3 is 0 Å². The van der Waals surface area contributed by atoms with E-state index in [1.807, 2.05) is 18.2 Å². The van der Waals surface area contributed by atoms with Crippen molar-refractivity contribution in [1.29, 1.82) is 0 Å². The van der Waals surface area contributed by atoms with Crippen molar-refractivity contribution in [3.63, 3.8) is 0 Å². The number of carbonyl (C=O) groups excluding carboxylic acids is 1. The lowest BCUT2D eigenvalue weighted by atomic mass is 10.1. The van der Waals surface area contributed by atoms with E-state index in [1.54, 1.807) is 0 Å². The number of nitrogens with zero attached hydrogens (tertiary/aromatic N) is 2. The van der Waals surface area contributed by atoms with E-state index < -0.39 is 10.0 Å². The fourth-order valence-corrected chi connectivity index (χ4v) is 5.31. The quantitative estimate of drug-likeness (QED) is 0.730. The number of hydrogen-bond acceptors (Lipinski definition) is 5. The van der Waals surface area contributed by atoms with Crippen molar-refractivity contribution in [2.75, 3.05) is 44.7 Å². The summed E-state index contributed by atoms with van der Waals surface area (Å²) in [6, 6.07) is 9.19. The molecule has 4 rings (SSSR count). The van der Waals surface area contributed by atoms with Crippen molar-refractivity contribution in [1.82, 2.24) is 14.2 Å². The molecule has 2 aliphatic heterocycles. The van der Waals surface area contributed by atoms with Gasteiger partial charge in [-0.2, -0.15) is 4.31 Å². The van der Waals surface area contributed by atoms with Gasteiger partial charge in [0.25, 0.3) is 5.91 Å². The smallest absolute Gasteiger partial charge is 0.272 e. The molecule has 162 valence electrons. The van der Waals surface area contributed by atoms with Crippen molar-refractivity contribution < 1.29 is 17.9 Å². The number of nitrogens with one attached hydrogen (secondary N) is 2. The molecular formula is C21H28N4O4S. The van der Waals surface area contributed by atoms with Crippen LogP contribution in [0.25, 0.3) is 0 Å². The zero-order valence-corrected chi connectivity index (χ0v) is 17.8. The van der Waals surface area contributed by atoms with Crippen LogP contribution in [0, 0.1) is 0 Å². The van der Waals surface area contributed by atoms with Crippen LogP contribution in [-0.4, -0.2) is 67.9 Å². The van der Waals surface area contributed by atoms with Crippen LogP contribution in [-0.2, 0) is 21.3 Å². The summed E-state index contributed by atoms with van der Waals surface area (Å²) in [4.78, 5) is 18.0. The Hall–Kier alpha value is -2.20. The van der Waals surface area contributed by atoms with Gasteiger partial charge in [-0.15, -0.1) is 0 Å². The molecule has 2 N–H and O–H groups in total. The molecule has 2 saturated heterocycles. The van der Waals surface area contributed by atoms with Crippen LogP contribution in [0.4, 0.5) is 5.69 Å². The number of hydrogen-bond donors (Lipinski definition) is 2. The largest absolute Gasteiger partial charge is 0.379 e. The first-order valence-corrected chi connectivity index (χ1v) is 11.9. The number of amides is 1. The van der Waals surface area contributed by atoms with Crippen LogP contribution in [0.5, 0.6) is 0 Å². The Morgan fingerprint density at radius 1 is 1.07 bits per heavy atom. The molecule has 3 heterocycles. The number of likely N-dealkylation sites (tertiary alicyclic amines) is 1. The lowest BCUT2D eigenvalue weighted by molar-refractivity contribution is 0.0730. The standard InChI is InChI=1S/C21H28N4O4S/c26-21(20-14-19(15-22-20)30(27,28)25-9-11-29-12-10-25)23-18-6-4-5-17(13-18)16-24-7-2-1-3-8-24/h4-6,13-15,22H,1-3,7-12,16H2,(H,23,26). The summed E-state index contributed by atoms with van der Waals surface area (Å²) >= 11 is 0. The first kappa shape index (κ1) is 21.0. The van der Waals surface area contributed by atoms with Gasteiger partial charge in [0.1, 0.15) is 10.6 Å². The Kier molecular flexibility index (Phi) is 6.52. The minimum atomic E-state index is -3.63. The lowest BCUT2D eigenvalue weighted by Gasteiger charge is -2.26. The number of anilines is 1. The molecule has 0 bridgehead atoms. The molecule has 1 amide bonds. The molecular weight excluding hydrogens is 404 g/mol. The second-order valence-electron chi connectivity index (χ2n) is 7.76. The third-order valence-corrected chi connectivity index (χ3v) is 7.43. The number of sulfonamides is 1. The van der Waals surface area contributed by atoms with E-state index in [0.717, 1.165) is 25.2 Å². The summed E-state index contributed by atoms with van der Waals surface area (Å²) in [6.45, 7) is 4.49. The summed E-state index contributed by atoms with van der Waals surface area (Å²) in [5.74, 6) is -0.367. The van der Waals surface area contributed by atoms with E-state index in [0.29, 0.717) is 32.0 Å². The monoisotopic (exact) mass is 432 g/mol. The van der Waals surface area contributed by atoms with Crippen LogP contribution < -0.4 is 5.32 Å². The van der Waals surface area contributed by atoms with Gasteiger partial charge in [-0.3, -0.25) is 9.69 Å². The Labute approximate surface area is 177 Å². The molecule has 0 atom stereocenters. The maximum absolute atomic E-state index is 12.7. The number of benzene rings is 1. The van der Waals surface area contributed by atoms with Gasteiger partial charge in [0.2, 0.25) is 10.0 Å². The summed E-state index contributed by atoms with van der Waals surface area (Å²) in [5, 5.41) is 2.86. The molecule has 1 aromatic heterocycles. The van der Waals surface area contributed by atoms with Gasteiger partial charge < -0.3 is 15.0 Å². The number of ether oxygens (including phenoxy) is 1. The van der Waals surface area contributed by atoms with E-state index in [2.05, 4.69) is 21.3 Å². The zero-order valence-electron chi connectivity index (χ0n) is 17.0. The number of morpholine rings is 1. The normalized spacial score (nSPS) is 18.9. The average molecular weight is 433 g/mol. The highest BCUT2D eigenvalue weighted by Gasteiger charge is 2.28. The van der Waals surface area contributed by atoms with E-state index in [1.165, 1.54) is 35.8 Å². The highest BCUT2D eigenvalue weighted by atomic mass is 32.2. The molecule has 0 spiro atoms. The molecule has 1 aromatic carbocycles. The van der Waals surface area contributed by atoms with Crippen molar-refractivity contribution >= 4 is 21.6 Å². The number of H-pyrrole nitrogens is 1. The molecule has 0 radical (unpaired) electrons. The maximum atomic E-state index is 12.7. The molecule has 2 fully saturated rings. The Morgan fingerprint density at radius 2 is 1.83 bits per heavy atom. The minimum absolute atomic E-state index is 0.0911. The molecule has 0 aliphatic carbocycles. The van der Waals surface area contributed by atoms with Gasteiger partial charge in [0.15, 0.2) is 0 Å². The Balaban J connectivity index is 1.41. The van der Waals surface area contributed by atoms with Crippen molar-refractivity contribution in [3.8, 4) is 0 Å². The fourth-order valence-electron chi connectivity index (χ4n) is 3.91. The predicted octanol–water partition coefficient (Wildman–Crippen LogP) is 2.27. The van der Waals surface area contributed by atoms with Gasteiger partial charge in [-0.05, 0) is 49.7 Å². The van der Waals surface area contributed by atoms with Crippen molar-refractivity contribution in [2.45, 2.75) is 30.7 Å². The molecule has 30 heavy (non-hydrogen) atoms. The molecule has 8 nitrogen and oxygen atoms in total. The Bertz CT molecular complexity index is 976. The number of carbonyl (C=O) groups is 1. The maximum Gasteiger partial charge on any atom is 0.272 e. The number of rotatable bonds is 6. The topological polar surface area (TPSA) is 94.7 Å². The number of piperidine rings is 1. The summed E-state index contributed by atoms with van der Waals surface area (Å²) in [6.07, 6.45) is 5.14. The van der Waals surface area contributed by atoms with Crippen LogP contribution in [0.3, 0.4) is 0 Å². The van der Waals surface area contributed by atoms with Gasteiger partial charge in [0.05, 0.1) is 13.2 Å². The second kappa shape index (κ2) is 9.30. The van der Waals surface area contributed by atoms with E-state index in [-0.39, 0.29) is 16.5 Å². The molecule has 2 aliphatic rings. The molecule has 0 saturated carbocycles. The van der Waals surface area contributed by atoms with E-state index in [4.69, 9.17) is 4.74 Å². The van der Waals surface area contributed by atoms with Crippen molar-refractivity contribution in [3.05, 3.63) is 47.8 Å². The molecule has 0 unspecified atom stereocenters. The summed E-state index contributed by atoms with van der Waals surface area (Å²) < 4.78 is 32.1. The molecule has 9 heteroatoms. The SMILES string of the molecule is O=C(Nc1cccc(CN2CCCCC2)c1)c1cc(S(=O)(=O)N2CCOCC2)c[nH]1. The fraction of sp³-hybridized carbons (Fsp3) is 0.476. The number of aromatic nitrogens is 1. The molecule has 2 aromatic rings. The summed E-state index contributed by atoms with van der Waals surface area (Å²) in [5.41, 5.74) is 2.06.